The molecule has 0 bridgehead atoms. The zero-order valence-corrected chi connectivity index (χ0v) is 15.3. The van der Waals surface area contributed by atoms with Crippen LogP contribution in [0.2, 0.25) is 0 Å². The second kappa shape index (κ2) is 7.68. The summed E-state index contributed by atoms with van der Waals surface area (Å²) < 4.78 is 33.4. The molecule has 1 fully saturated rings. The largest absolute Gasteiger partial charge is 0.449 e. The number of nitrogens with two attached hydrogens (primary N) is 1. The number of nitrogens with one attached hydrogen (secondary N) is 1. The average Bonchev–Trinajstić information content (AvgIpc) is 3.07. The minimum absolute atomic E-state index is 0.205. The van der Waals surface area contributed by atoms with Crippen molar-refractivity contribution in [2.45, 2.75) is 50.0 Å². The van der Waals surface area contributed by atoms with E-state index >= 15 is 0 Å². The number of hydrogen-bond donors (Lipinski definition) is 2. The molecule has 0 saturated heterocycles. The number of benzene rings is 1. The van der Waals surface area contributed by atoms with E-state index in [1.807, 2.05) is 0 Å². The summed E-state index contributed by atoms with van der Waals surface area (Å²) in [5.41, 5.74) is 7.35. The lowest BCUT2D eigenvalue weighted by Crippen LogP contribution is -2.45. The van der Waals surface area contributed by atoms with Gasteiger partial charge in [0.25, 0.3) is 0 Å². The van der Waals surface area contributed by atoms with Gasteiger partial charge in [-0.1, -0.05) is 31.4 Å². The molecule has 1 atom stereocenters. The SMILES string of the molecule is Cc1nc(-c2ccc(S(=O)(=O)NC(CN)C3CCCCC3)cc2)co1. The van der Waals surface area contributed by atoms with Crippen LogP contribution in [0.4, 0.5) is 0 Å². The fourth-order valence-electron chi connectivity index (χ4n) is 3.44. The molecule has 1 aromatic carbocycles. The van der Waals surface area contributed by atoms with E-state index in [4.69, 9.17) is 10.2 Å². The molecular formula is C18H25N3O3S. The number of sulfonamides is 1. The number of hydrogen-bond acceptors (Lipinski definition) is 5. The maximum absolute atomic E-state index is 12.7. The van der Waals surface area contributed by atoms with Crippen LogP contribution in [-0.2, 0) is 10.0 Å². The summed E-state index contributed by atoms with van der Waals surface area (Å²) in [6.45, 7) is 2.09. The van der Waals surface area contributed by atoms with E-state index < -0.39 is 10.0 Å². The minimum Gasteiger partial charge on any atom is -0.449 e. The maximum atomic E-state index is 12.7. The van der Waals surface area contributed by atoms with E-state index in [0.717, 1.165) is 31.2 Å². The Morgan fingerprint density at radius 2 is 1.92 bits per heavy atom. The van der Waals surface area contributed by atoms with E-state index in [0.29, 0.717) is 24.0 Å². The fraction of sp³-hybridized carbons (Fsp3) is 0.500. The number of oxazole rings is 1. The standard InChI is InChI=1S/C18H25N3O3S/c1-13-20-18(12-24-13)15-7-9-16(10-8-15)25(22,23)21-17(11-19)14-5-3-2-4-6-14/h7-10,12,14,17,21H,2-6,11,19H2,1H3. The molecule has 1 aliphatic rings. The fourth-order valence-corrected chi connectivity index (χ4v) is 4.76. The Balaban J connectivity index is 1.74. The van der Waals surface area contributed by atoms with Gasteiger partial charge in [0, 0.05) is 25.1 Å². The van der Waals surface area contributed by atoms with Gasteiger partial charge in [-0.25, -0.2) is 18.1 Å². The Kier molecular flexibility index (Phi) is 5.56. The molecule has 0 amide bonds. The summed E-state index contributed by atoms with van der Waals surface area (Å²) in [6, 6.07) is 6.46. The van der Waals surface area contributed by atoms with Crippen molar-refractivity contribution in [3.8, 4) is 11.3 Å². The zero-order chi connectivity index (χ0) is 17.9. The maximum Gasteiger partial charge on any atom is 0.240 e. The van der Waals surface area contributed by atoms with Gasteiger partial charge in [-0.3, -0.25) is 0 Å². The van der Waals surface area contributed by atoms with Crippen molar-refractivity contribution in [3.05, 3.63) is 36.4 Å². The third kappa shape index (κ3) is 4.29. The molecule has 0 spiro atoms. The van der Waals surface area contributed by atoms with E-state index in [-0.39, 0.29) is 10.9 Å². The lowest BCUT2D eigenvalue weighted by Gasteiger charge is -2.29. The van der Waals surface area contributed by atoms with Gasteiger partial charge in [-0.2, -0.15) is 0 Å². The second-order valence-corrected chi connectivity index (χ2v) is 8.35. The molecule has 0 aliphatic heterocycles. The first-order valence-corrected chi connectivity index (χ1v) is 10.2. The van der Waals surface area contributed by atoms with E-state index in [1.54, 1.807) is 37.5 Å². The van der Waals surface area contributed by atoms with Crippen LogP contribution in [0.3, 0.4) is 0 Å². The summed E-state index contributed by atoms with van der Waals surface area (Å²) in [7, 11) is -3.59. The van der Waals surface area contributed by atoms with Gasteiger partial charge in [0.05, 0.1) is 4.90 Å². The number of rotatable bonds is 6. The van der Waals surface area contributed by atoms with Crippen LogP contribution in [0.1, 0.15) is 38.0 Å². The van der Waals surface area contributed by atoms with Crippen molar-refractivity contribution in [3.63, 3.8) is 0 Å². The predicted octanol–water partition coefficient (Wildman–Crippen LogP) is 2.84. The summed E-state index contributed by atoms with van der Waals surface area (Å²) >= 11 is 0. The Hall–Kier alpha value is -1.70. The molecule has 1 saturated carbocycles. The van der Waals surface area contributed by atoms with Crippen LogP contribution >= 0.6 is 0 Å². The first kappa shape index (κ1) is 18.1. The van der Waals surface area contributed by atoms with Crippen LogP contribution in [0.15, 0.2) is 39.8 Å². The third-order valence-electron chi connectivity index (χ3n) is 4.86. The van der Waals surface area contributed by atoms with E-state index in [1.165, 1.54) is 6.42 Å². The van der Waals surface area contributed by atoms with Crippen molar-refractivity contribution < 1.29 is 12.8 Å². The van der Waals surface area contributed by atoms with E-state index in [9.17, 15) is 8.42 Å². The van der Waals surface area contributed by atoms with Gasteiger partial charge < -0.3 is 10.2 Å². The molecule has 6 nitrogen and oxygen atoms in total. The molecule has 136 valence electrons. The first-order valence-electron chi connectivity index (χ1n) is 8.74. The summed E-state index contributed by atoms with van der Waals surface area (Å²) in [5.74, 6) is 0.900. The van der Waals surface area contributed by atoms with Crippen molar-refractivity contribution in [2.75, 3.05) is 6.54 Å². The quantitative estimate of drug-likeness (QED) is 0.822. The minimum atomic E-state index is -3.59. The molecule has 25 heavy (non-hydrogen) atoms. The summed E-state index contributed by atoms with van der Waals surface area (Å²) in [6.07, 6.45) is 7.15. The van der Waals surface area contributed by atoms with E-state index in [2.05, 4.69) is 9.71 Å². The van der Waals surface area contributed by atoms with Gasteiger partial charge in [-0.05, 0) is 30.9 Å². The van der Waals surface area contributed by atoms with Crippen LogP contribution in [-0.4, -0.2) is 26.0 Å². The Morgan fingerprint density at radius 1 is 1.24 bits per heavy atom. The van der Waals surface area contributed by atoms with Gasteiger partial charge in [0.15, 0.2) is 5.89 Å². The molecule has 1 heterocycles. The molecule has 1 unspecified atom stereocenters. The summed E-state index contributed by atoms with van der Waals surface area (Å²) in [4.78, 5) is 4.49. The van der Waals surface area contributed by atoms with Crippen molar-refractivity contribution in [1.29, 1.82) is 0 Å². The molecule has 7 heteroatoms. The molecule has 3 N–H and O–H groups in total. The average molecular weight is 363 g/mol. The highest BCUT2D eigenvalue weighted by molar-refractivity contribution is 7.89. The molecular weight excluding hydrogens is 338 g/mol. The number of nitrogens with zero attached hydrogens (tertiary/aromatic N) is 1. The van der Waals surface area contributed by atoms with Gasteiger partial charge in [0.1, 0.15) is 12.0 Å². The molecule has 0 radical (unpaired) electrons. The highest BCUT2D eigenvalue weighted by Gasteiger charge is 2.27. The normalized spacial score (nSPS) is 17.5. The Bertz CT molecular complexity index is 793. The second-order valence-electron chi connectivity index (χ2n) is 6.64. The van der Waals surface area contributed by atoms with Gasteiger partial charge >= 0.3 is 0 Å². The highest BCUT2D eigenvalue weighted by atomic mass is 32.2. The van der Waals surface area contributed by atoms with Crippen LogP contribution in [0.25, 0.3) is 11.3 Å². The monoisotopic (exact) mass is 363 g/mol. The third-order valence-corrected chi connectivity index (χ3v) is 6.36. The van der Waals surface area contributed by atoms with Gasteiger partial charge in [0.2, 0.25) is 10.0 Å². The summed E-state index contributed by atoms with van der Waals surface area (Å²) in [5, 5.41) is 0. The lowest BCUT2D eigenvalue weighted by molar-refractivity contribution is 0.294. The Labute approximate surface area is 148 Å². The number of aromatic nitrogens is 1. The molecule has 1 aliphatic carbocycles. The zero-order valence-electron chi connectivity index (χ0n) is 14.4. The van der Waals surface area contributed by atoms with Gasteiger partial charge in [-0.15, -0.1) is 0 Å². The smallest absolute Gasteiger partial charge is 0.240 e. The number of aryl methyl sites for hydroxylation is 1. The van der Waals surface area contributed by atoms with Crippen LogP contribution < -0.4 is 10.5 Å². The molecule has 2 aromatic rings. The topological polar surface area (TPSA) is 98.2 Å². The van der Waals surface area contributed by atoms with Crippen LogP contribution in [0, 0.1) is 12.8 Å². The van der Waals surface area contributed by atoms with Crippen molar-refractivity contribution in [1.82, 2.24) is 9.71 Å². The van der Waals surface area contributed by atoms with Crippen molar-refractivity contribution in [2.24, 2.45) is 11.7 Å². The Morgan fingerprint density at radius 3 is 2.48 bits per heavy atom. The lowest BCUT2D eigenvalue weighted by atomic mass is 9.84. The highest BCUT2D eigenvalue weighted by Crippen LogP contribution is 2.27. The van der Waals surface area contributed by atoms with Crippen molar-refractivity contribution >= 4 is 10.0 Å². The predicted molar refractivity (Wildman–Crippen MR) is 96.4 cm³/mol. The molecule has 3 rings (SSSR count). The first-order chi connectivity index (χ1) is 12.0. The van der Waals surface area contributed by atoms with Crippen LogP contribution in [0.5, 0.6) is 0 Å². The molecule has 1 aromatic heterocycles.